The molecule has 0 aliphatic heterocycles. The van der Waals surface area contributed by atoms with Gasteiger partial charge in [0.05, 0.1) is 5.02 Å². The zero-order chi connectivity index (χ0) is 10.2. The fourth-order valence-corrected chi connectivity index (χ4v) is 1.18. The molecule has 0 fully saturated rings. The number of pyridine rings is 1. The van der Waals surface area contributed by atoms with Gasteiger partial charge in [0.2, 0.25) is 0 Å². The lowest BCUT2D eigenvalue weighted by Crippen LogP contribution is -2.25. The summed E-state index contributed by atoms with van der Waals surface area (Å²) in [4.78, 5) is 21.9. The lowest BCUT2D eigenvalue weighted by Gasteiger charge is -2.06. The lowest BCUT2D eigenvalue weighted by atomic mass is 10.2. The van der Waals surface area contributed by atoms with Gasteiger partial charge < -0.3 is 9.67 Å². The van der Waals surface area contributed by atoms with Crippen molar-refractivity contribution in [3.05, 3.63) is 32.7 Å². The highest BCUT2D eigenvalue weighted by Crippen LogP contribution is 2.13. The predicted octanol–water partition coefficient (Wildman–Crippen LogP) is 1.05. The van der Waals surface area contributed by atoms with Crippen LogP contribution in [-0.4, -0.2) is 15.6 Å². The first kappa shape index (κ1) is 9.80. The Morgan fingerprint density at radius 3 is 2.62 bits per heavy atom. The van der Waals surface area contributed by atoms with Gasteiger partial charge in [-0.15, -0.1) is 0 Å². The fourth-order valence-electron chi connectivity index (χ4n) is 0.939. The molecular formula is C8H8ClNO3. The third kappa shape index (κ3) is 1.58. The van der Waals surface area contributed by atoms with Crippen molar-refractivity contribution in [2.45, 2.75) is 6.92 Å². The van der Waals surface area contributed by atoms with E-state index in [0.717, 1.165) is 0 Å². The molecule has 0 amide bonds. The van der Waals surface area contributed by atoms with Crippen molar-refractivity contribution >= 4 is 17.6 Å². The molecule has 0 atom stereocenters. The molecule has 0 unspecified atom stereocenters. The van der Waals surface area contributed by atoms with Crippen molar-refractivity contribution in [2.75, 3.05) is 0 Å². The van der Waals surface area contributed by atoms with Crippen LogP contribution in [0.2, 0.25) is 5.02 Å². The number of carboxylic acid groups (broad SMARTS) is 1. The summed E-state index contributed by atoms with van der Waals surface area (Å²) in [6, 6.07) is 1.17. The number of carboxylic acids is 1. The number of aromatic carboxylic acids is 1. The first-order valence-electron chi connectivity index (χ1n) is 3.54. The van der Waals surface area contributed by atoms with Crippen LogP contribution >= 0.6 is 11.6 Å². The van der Waals surface area contributed by atoms with Gasteiger partial charge in [-0.05, 0) is 13.0 Å². The summed E-state index contributed by atoms with van der Waals surface area (Å²) < 4.78 is 1.21. The summed E-state index contributed by atoms with van der Waals surface area (Å²) in [6.45, 7) is 1.65. The molecule has 4 nitrogen and oxygen atoms in total. The largest absolute Gasteiger partial charge is 0.477 e. The van der Waals surface area contributed by atoms with E-state index in [9.17, 15) is 9.59 Å². The van der Waals surface area contributed by atoms with Crippen molar-refractivity contribution in [3.8, 4) is 0 Å². The van der Waals surface area contributed by atoms with Crippen LogP contribution in [-0.2, 0) is 7.05 Å². The average Bonchev–Trinajstić information content (AvgIpc) is 2.07. The molecule has 0 bridgehead atoms. The smallest absolute Gasteiger partial charge is 0.341 e. The zero-order valence-electron chi connectivity index (χ0n) is 7.17. The topological polar surface area (TPSA) is 59.3 Å². The molecule has 1 heterocycles. The second kappa shape index (κ2) is 3.22. The van der Waals surface area contributed by atoms with Crippen LogP contribution in [0.1, 0.15) is 16.1 Å². The third-order valence-electron chi connectivity index (χ3n) is 1.89. The lowest BCUT2D eigenvalue weighted by molar-refractivity contribution is 0.0694. The second-order valence-electron chi connectivity index (χ2n) is 2.66. The standard InChI is InChI=1S/C8H8ClNO3/c1-4-6(9)3-5(8(12)13)7(11)10(4)2/h3H,1-2H3,(H,12,13). The molecule has 0 saturated carbocycles. The molecule has 0 aromatic carbocycles. The minimum absolute atomic E-state index is 0.277. The molecule has 0 aliphatic rings. The van der Waals surface area contributed by atoms with Crippen molar-refractivity contribution in [1.29, 1.82) is 0 Å². The van der Waals surface area contributed by atoms with Gasteiger partial charge in [-0.25, -0.2) is 4.79 Å². The third-order valence-corrected chi connectivity index (χ3v) is 2.27. The zero-order valence-corrected chi connectivity index (χ0v) is 7.92. The van der Waals surface area contributed by atoms with Gasteiger partial charge in [0, 0.05) is 12.7 Å². The highest BCUT2D eigenvalue weighted by atomic mass is 35.5. The summed E-state index contributed by atoms with van der Waals surface area (Å²) >= 11 is 5.71. The van der Waals surface area contributed by atoms with E-state index < -0.39 is 11.5 Å². The van der Waals surface area contributed by atoms with Gasteiger partial charge >= 0.3 is 5.97 Å². The summed E-state index contributed by atoms with van der Waals surface area (Å²) in [6.07, 6.45) is 0. The molecular weight excluding hydrogens is 194 g/mol. The van der Waals surface area contributed by atoms with E-state index in [1.54, 1.807) is 6.92 Å². The van der Waals surface area contributed by atoms with Crippen LogP contribution in [0.5, 0.6) is 0 Å². The molecule has 0 saturated heterocycles. The summed E-state index contributed by atoms with van der Waals surface area (Å²) in [7, 11) is 1.48. The molecule has 1 N–H and O–H groups in total. The maximum atomic E-state index is 11.3. The molecule has 1 rings (SSSR count). The van der Waals surface area contributed by atoms with Crippen LogP contribution in [0.25, 0.3) is 0 Å². The summed E-state index contributed by atoms with van der Waals surface area (Å²) in [5, 5.41) is 8.91. The van der Waals surface area contributed by atoms with Crippen molar-refractivity contribution in [3.63, 3.8) is 0 Å². The highest BCUT2D eigenvalue weighted by molar-refractivity contribution is 6.31. The van der Waals surface area contributed by atoms with Gasteiger partial charge in [0.1, 0.15) is 5.56 Å². The Morgan fingerprint density at radius 2 is 2.15 bits per heavy atom. The van der Waals surface area contributed by atoms with E-state index in [2.05, 4.69) is 0 Å². The van der Waals surface area contributed by atoms with Gasteiger partial charge in [-0.2, -0.15) is 0 Å². The molecule has 1 aromatic rings. The van der Waals surface area contributed by atoms with Crippen LogP contribution in [0.15, 0.2) is 10.9 Å². The number of carbonyl (C=O) groups is 1. The average molecular weight is 202 g/mol. The number of halogens is 1. The number of hydrogen-bond acceptors (Lipinski definition) is 2. The minimum atomic E-state index is -1.26. The van der Waals surface area contributed by atoms with Gasteiger partial charge in [0.15, 0.2) is 0 Å². The van der Waals surface area contributed by atoms with Crippen LogP contribution in [0, 0.1) is 6.92 Å². The van der Waals surface area contributed by atoms with E-state index in [0.29, 0.717) is 5.69 Å². The molecule has 70 valence electrons. The Hall–Kier alpha value is -1.29. The first-order chi connectivity index (χ1) is 5.95. The Morgan fingerprint density at radius 1 is 1.62 bits per heavy atom. The van der Waals surface area contributed by atoms with Crippen LogP contribution in [0.3, 0.4) is 0 Å². The molecule has 0 spiro atoms. The Balaban J connectivity index is 3.60. The molecule has 0 aliphatic carbocycles. The van der Waals surface area contributed by atoms with Gasteiger partial charge in [-0.1, -0.05) is 11.6 Å². The Bertz CT molecular complexity index is 422. The quantitative estimate of drug-likeness (QED) is 0.739. The van der Waals surface area contributed by atoms with E-state index in [1.807, 2.05) is 0 Å². The van der Waals surface area contributed by atoms with Crippen LogP contribution < -0.4 is 5.56 Å². The monoisotopic (exact) mass is 201 g/mol. The molecule has 13 heavy (non-hydrogen) atoms. The van der Waals surface area contributed by atoms with Gasteiger partial charge in [0.25, 0.3) is 5.56 Å². The van der Waals surface area contributed by atoms with E-state index in [4.69, 9.17) is 16.7 Å². The Labute approximate surface area is 79.4 Å². The number of hydrogen-bond donors (Lipinski definition) is 1. The molecule has 0 radical (unpaired) electrons. The number of rotatable bonds is 1. The van der Waals surface area contributed by atoms with Crippen molar-refractivity contribution < 1.29 is 9.90 Å². The SMILES string of the molecule is Cc1c(Cl)cc(C(=O)O)c(=O)n1C. The maximum absolute atomic E-state index is 11.3. The summed E-state index contributed by atoms with van der Waals surface area (Å²) in [5.41, 5.74) is -0.302. The number of aromatic nitrogens is 1. The predicted molar refractivity (Wildman–Crippen MR) is 48.4 cm³/mol. The van der Waals surface area contributed by atoms with Gasteiger partial charge in [-0.3, -0.25) is 4.79 Å². The summed E-state index contributed by atoms with van der Waals surface area (Å²) in [5.74, 6) is -1.26. The van der Waals surface area contributed by atoms with Crippen molar-refractivity contribution in [2.24, 2.45) is 7.05 Å². The second-order valence-corrected chi connectivity index (χ2v) is 3.07. The molecule has 1 aromatic heterocycles. The highest BCUT2D eigenvalue weighted by Gasteiger charge is 2.13. The van der Waals surface area contributed by atoms with E-state index in [1.165, 1.54) is 17.7 Å². The maximum Gasteiger partial charge on any atom is 0.341 e. The van der Waals surface area contributed by atoms with Crippen molar-refractivity contribution in [1.82, 2.24) is 4.57 Å². The first-order valence-corrected chi connectivity index (χ1v) is 3.92. The van der Waals surface area contributed by atoms with E-state index >= 15 is 0 Å². The fraction of sp³-hybridized carbons (Fsp3) is 0.250. The Kier molecular flexibility index (Phi) is 2.43. The minimum Gasteiger partial charge on any atom is -0.477 e. The number of nitrogens with zero attached hydrogens (tertiary/aromatic N) is 1. The molecule has 5 heteroatoms. The normalized spacial score (nSPS) is 10.1. The van der Waals surface area contributed by atoms with E-state index in [-0.39, 0.29) is 10.6 Å². The van der Waals surface area contributed by atoms with Crippen LogP contribution in [0.4, 0.5) is 0 Å².